The molecule has 1 N–H and O–H groups in total. The van der Waals surface area contributed by atoms with E-state index in [9.17, 15) is 9.59 Å². The molecule has 2 heterocycles. The van der Waals surface area contributed by atoms with Crippen molar-refractivity contribution in [3.05, 3.63) is 35.0 Å². The molecule has 0 aliphatic heterocycles. The van der Waals surface area contributed by atoms with Crippen LogP contribution in [-0.4, -0.2) is 34.5 Å². The molecule has 0 bridgehead atoms. The number of aryl methyl sites for hydroxylation is 1. The number of rotatable bonds is 6. The SMILES string of the molecule is CCCC(C)(NC(=O)c1sc(-c2ccccn2)nc1C)C(=O)OC. The van der Waals surface area contributed by atoms with Crippen LogP contribution in [0.5, 0.6) is 0 Å². The van der Waals surface area contributed by atoms with Crippen LogP contribution in [0.2, 0.25) is 0 Å². The molecule has 2 aromatic heterocycles. The van der Waals surface area contributed by atoms with Crippen molar-refractivity contribution >= 4 is 23.2 Å². The van der Waals surface area contributed by atoms with Crippen LogP contribution in [0.15, 0.2) is 24.4 Å². The Morgan fingerprint density at radius 1 is 1.38 bits per heavy atom. The third-order valence-corrected chi connectivity index (χ3v) is 4.84. The lowest BCUT2D eigenvalue weighted by Gasteiger charge is -2.27. The quantitative estimate of drug-likeness (QED) is 0.813. The Hall–Kier alpha value is -2.28. The molecule has 128 valence electrons. The Morgan fingerprint density at radius 3 is 2.71 bits per heavy atom. The summed E-state index contributed by atoms with van der Waals surface area (Å²) in [5.41, 5.74) is 0.276. The highest BCUT2D eigenvalue weighted by Crippen LogP contribution is 2.27. The topological polar surface area (TPSA) is 81.2 Å². The van der Waals surface area contributed by atoms with Gasteiger partial charge in [0.05, 0.1) is 18.5 Å². The van der Waals surface area contributed by atoms with E-state index < -0.39 is 11.5 Å². The van der Waals surface area contributed by atoms with Gasteiger partial charge in [-0.25, -0.2) is 9.78 Å². The highest BCUT2D eigenvalue weighted by Gasteiger charge is 2.36. The molecule has 0 radical (unpaired) electrons. The van der Waals surface area contributed by atoms with E-state index in [2.05, 4.69) is 15.3 Å². The number of aromatic nitrogens is 2. The maximum atomic E-state index is 12.7. The molecular formula is C17H21N3O3S. The normalized spacial score (nSPS) is 13.2. The van der Waals surface area contributed by atoms with Gasteiger partial charge in [0.25, 0.3) is 5.91 Å². The van der Waals surface area contributed by atoms with Crippen molar-refractivity contribution in [2.75, 3.05) is 7.11 Å². The van der Waals surface area contributed by atoms with E-state index in [0.717, 1.165) is 6.42 Å². The molecule has 1 unspecified atom stereocenters. The van der Waals surface area contributed by atoms with Gasteiger partial charge in [-0.15, -0.1) is 11.3 Å². The number of amides is 1. The number of nitrogens with zero attached hydrogens (tertiary/aromatic N) is 2. The molecule has 24 heavy (non-hydrogen) atoms. The average molecular weight is 347 g/mol. The summed E-state index contributed by atoms with van der Waals surface area (Å²) in [5, 5.41) is 3.48. The largest absolute Gasteiger partial charge is 0.467 e. The lowest BCUT2D eigenvalue weighted by Crippen LogP contribution is -2.52. The second-order valence-corrected chi connectivity index (χ2v) is 6.68. The smallest absolute Gasteiger partial charge is 0.331 e. The number of nitrogens with one attached hydrogen (secondary N) is 1. The highest BCUT2D eigenvalue weighted by molar-refractivity contribution is 7.17. The van der Waals surface area contributed by atoms with Gasteiger partial charge < -0.3 is 10.1 Å². The first-order chi connectivity index (χ1) is 11.4. The molecule has 0 aromatic carbocycles. The molecule has 0 saturated carbocycles. The number of carbonyl (C=O) groups is 2. The predicted octanol–water partition coefficient (Wildman–Crippen LogP) is 2.98. The molecule has 0 fully saturated rings. The molecule has 0 spiro atoms. The number of hydrogen-bond donors (Lipinski definition) is 1. The average Bonchev–Trinajstić information content (AvgIpc) is 2.97. The first-order valence-corrected chi connectivity index (χ1v) is 8.52. The van der Waals surface area contributed by atoms with Crippen LogP contribution in [0.1, 0.15) is 42.1 Å². The first-order valence-electron chi connectivity index (χ1n) is 7.71. The Balaban J connectivity index is 2.27. The third-order valence-electron chi connectivity index (χ3n) is 3.66. The fraction of sp³-hybridized carbons (Fsp3) is 0.412. The van der Waals surface area contributed by atoms with Crippen molar-refractivity contribution in [1.29, 1.82) is 0 Å². The van der Waals surface area contributed by atoms with Gasteiger partial charge in [0.1, 0.15) is 15.4 Å². The Kier molecular flexibility index (Phi) is 5.66. The second kappa shape index (κ2) is 7.53. The second-order valence-electron chi connectivity index (χ2n) is 5.68. The van der Waals surface area contributed by atoms with Gasteiger partial charge in [0.15, 0.2) is 0 Å². The van der Waals surface area contributed by atoms with E-state index in [0.29, 0.717) is 27.7 Å². The van der Waals surface area contributed by atoms with Gasteiger partial charge >= 0.3 is 5.97 Å². The summed E-state index contributed by atoms with van der Waals surface area (Å²) in [4.78, 5) is 33.8. The minimum atomic E-state index is -1.05. The van der Waals surface area contributed by atoms with Crippen molar-refractivity contribution < 1.29 is 14.3 Å². The molecule has 0 aliphatic carbocycles. The molecule has 1 atom stereocenters. The van der Waals surface area contributed by atoms with Gasteiger partial charge in [0.2, 0.25) is 0 Å². The van der Waals surface area contributed by atoms with E-state index in [-0.39, 0.29) is 5.91 Å². The number of thiazole rings is 1. The number of ether oxygens (including phenoxy) is 1. The molecule has 1 amide bonds. The number of esters is 1. The van der Waals surface area contributed by atoms with Crippen molar-refractivity contribution in [1.82, 2.24) is 15.3 Å². The van der Waals surface area contributed by atoms with Crippen LogP contribution in [0.25, 0.3) is 10.7 Å². The van der Waals surface area contributed by atoms with E-state index in [1.807, 2.05) is 25.1 Å². The van der Waals surface area contributed by atoms with Crippen LogP contribution in [0.4, 0.5) is 0 Å². The fourth-order valence-corrected chi connectivity index (χ4v) is 3.39. The molecule has 7 heteroatoms. The molecule has 0 aliphatic rings. The third kappa shape index (κ3) is 3.79. The van der Waals surface area contributed by atoms with E-state index in [4.69, 9.17) is 4.74 Å². The highest BCUT2D eigenvalue weighted by atomic mass is 32.1. The summed E-state index contributed by atoms with van der Waals surface area (Å²) in [5.74, 6) is -0.779. The standard InChI is InChI=1S/C17H21N3O3S/c1-5-9-17(3,16(22)23-4)20-14(21)13-11(2)19-15(24-13)12-8-6-7-10-18-12/h6-8,10H,5,9H2,1-4H3,(H,20,21). The van der Waals surface area contributed by atoms with Crippen LogP contribution < -0.4 is 5.32 Å². The zero-order valence-corrected chi connectivity index (χ0v) is 15.1. The van der Waals surface area contributed by atoms with Crippen molar-refractivity contribution in [2.45, 2.75) is 39.2 Å². The molecular weight excluding hydrogens is 326 g/mol. The summed E-state index contributed by atoms with van der Waals surface area (Å²) in [6, 6.07) is 5.54. The van der Waals surface area contributed by atoms with Crippen LogP contribution in [0, 0.1) is 6.92 Å². The van der Waals surface area contributed by atoms with Crippen LogP contribution in [0.3, 0.4) is 0 Å². The Labute approximate surface area is 145 Å². The minimum absolute atomic E-state index is 0.325. The summed E-state index contributed by atoms with van der Waals surface area (Å²) >= 11 is 1.26. The van der Waals surface area contributed by atoms with E-state index in [1.54, 1.807) is 20.0 Å². The molecule has 6 nitrogen and oxygen atoms in total. The molecule has 0 saturated heterocycles. The fourth-order valence-electron chi connectivity index (χ4n) is 2.45. The van der Waals surface area contributed by atoms with Gasteiger partial charge in [-0.3, -0.25) is 9.78 Å². The lowest BCUT2D eigenvalue weighted by atomic mass is 9.96. The van der Waals surface area contributed by atoms with Crippen molar-refractivity contribution in [3.8, 4) is 10.7 Å². The predicted molar refractivity (Wildman–Crippen MR) is 92.9 cm³/mol. The zero-order valence-electron chi connectivity index (χ0n) is 14.3. The Bertz CT molecular complexity index is 730. The van der Waals surface area contributed by atoms with Crippen molar-refractivity contribution in [2.24, 2.45) is 0 Å². The first kappa shape index (κ1) is 18.1. The maximum Gasteiger partial charge on any atom is 0.331 e. The van der Waals surface area contributed by atoms with Gasteiger partial charge in [0, 0.05) is 6.20 Å². The number of pyridine rings is 1. The van der Waals surface area contributed by atoms with Crippen molar-refractivity contribution in [3.63, 3.8) is 0 Å². The van der Waals surface area contributed by atoms with Crippen LogP contribution >= 0.6 is 11.3 Å². The van der Waals surface area contributed by atoms with Gasteiger partial charge in [-0.05, 0) is 32.4 Å². The Morgan fingerprint density at radius 2 is 2.12 bits per heavy atom. The zero-order chi connectivity index (χ0) is 17.7. The summed E-state index contributed by atoms with van der Waals surface area (Å²) < 4.78 is 4.83. The van der Waals surface area contributed by atoms with E-state index in [1.165, 1.54) is 18.4 Å². The number of methoxy groups -OCH3 is 1. The maximum absolute atomic E-state index is 12.7. The lowest BCUT2D eigenvalue weighted by molar-refractivity contribution is -0.147. The minimum Gasteiger partial charge on any atom is -0.467 e. The number of hydrogen-bond acceptors (Lipinski definition) is 6. The van der Waals surface area contributed by atoms with Gasteiger partial charge in [-0.2, -0.15) is 0 Å². The van der Waals surface area contributed by atoms with Gasteiger partial charge in [-0.1, -0.05) is 19.4 Å². The molecule has 2 rings (SSSR count). The molecule has 2 aromatic rings. The summed E-state index contributed by atoms with van der Waals surface area (Å²) in [7, 11) is 1.32. The summed E-state index contributed by atoms with van der Waals surface area (Å²) in [6.07, 6.45) is 2.92. The van der Waals surface area contributed by atoms with E-state index >= 15 is 0 Å². The summed E-state index contributed by atoms with van der Waals surface area (Å²) in [6.45, 7) is 5.40. The number of carbonyl (C=O) groups excluding carboxylic acids is 2. The van der Waals surface area contributed by atoms with Crippen LogP contribution in [-0.2, 0) is 9.53 Å². The monoisotopic (exact) mass is 347 g/mol.